The van der Waals surface area contributed by atoms with Crippen molar-refractivity contribution in [3.8, 4) is 28.7 Å². The van der Waals surface area contributed by atoms with Crippen molar-refractivity contribution in [3.63, 3.8) is 0 Å². The first-order valence-corrected chi connectivity index (χ1v) is 11.1. The number of aromatic hydroxyl groups is 3. The molecule has 5 N–H and O–H groups in total. The minimum absolute atomic E-state index is 0.0452. The Morgan fingerprint density at radius 3 is 2.60 bits per heavy atom. The van der Waals surface area contributed by atoms with Gasteiger partial charge < -0.3 is 39.7 Å². The van der Waals surface area contributed by atoms with Crippen LogP contribution in [0.4, 0.5) is 0 Å². The zero-order valence-electron chi connectivity index (χ0n) is 18.4. The number of benzene rings is 2. The van der Waals surface area contributed by atoms with Crippen molar-refractivity contribution in [2.24, 2.45) is 17.8 Å². The molecule has 2 aliphatic heterocycles. The molecule has 0 radical (unpaired) electrons. The molecule has 2 fully saturated rings. The molecule has 35 heavy (non-hydrogen) atoms. The fourth-order valence-corrected chi connectivity index (χ4v) is 6.16. The van der Waals surface area contributed by atoms with Crippen LogP contribution in [0.25, 0.3) is 0 Å². The molecule has 3 aliphatic carbocycles. The monoisotopic (exact) mass is 482 g/mol. The zero-order valence-corrected chi connectivity index (χ0v) is 18.4. The Kier molecular flexibility index (Phi) is 4.51. The van der Waals surface area contributed by atoms with Gasteiger partial charge in [0.1, 0.15) is 22.8 Å². The van der Waals surface area contributed by atoms with Crippen LogP contribution in [0.15, 0.2) is 42.0 Å². The van der Waals surface area contributed by atoms with Crippen molar-refractivity contribution in [3.05, 3.63) is 53.1 Å². The summed E-state index contributed by atoms with van der Waals surface area (Å²) in [6.07, 6.45) is -1.37. The Labute approximate surface area is 198 Å². The molecule has 182 valence electrons. The van der Waals surface area contributed by atoms with E-state index in [9.17, 15) is 35.1 Å². The van der Waals surface area contributed by atoms with E-state index in [1.807, 2.05) is 0 Å². The summed E-state index contributed by atoms with van der Waals surface area (Å²) in [6.45, 7) is 0.0452. The van der Waals surface area contributed by atoms with E-state index in [0.29, 0.717) is 11.1 Å². The van der Waals surface area contributed by atoms with Crippen molar-refractivity contribution < 1.29 is 49.3 Å². The van der Waals surface area contributed by atoms with Crippen molar-refractivity contribution >= 4 is 11.6 Å². The number of phenols is 3. The number of ether oxygens (including phenoxy) is 3. The molecule has 5 aliphatic rings. The van der Waals surface area contributed by atoms with Crippen LogP contribution >= 0.6 is 0 Å². The first kappa shape index (κ1) is 21.9. The first-order chi connectivity index (χ1) is 16.7. The number of carbonyl (C=O) groups excluding carboxylic acids is 2. The van der Waals surface area contributed by atoms with Crippen LogP contribution in [0.2, 0.25) is 0 Å². The van der Waals surface area contributed by atoms with Crippen LogP contribution in [0.5, 0.6) is 28.7 Å². The smallest absolute Gasteiger partial charge is 0.234 e. The second-order valence-corrected chi connectivity index (χ2v) is 9.35. The van der Waals surface area contributed by atoms with Gasteiger partial charge in [-0.05, 0) is 23.3 Å². The third kappa shape index (κ3) is 2.81. The number of carbonyl (C=O) groups is 2. The molecule has 1 saturated carbocycles. The van der Waals surface area contributed by atoms with Crippen LogP contribution in [-0.2, 0) is 9.53 Å². The van der Waals surface area contributed by atoms with Crippen LogP contribution in [0.3, 0.4) is 0 Å². The van der Waals surface area contributed by atoms with Crippen LogP contribution in [-0.4, -0.2) is 68.8 Å². The van der Waals surface area contributed by atoms with E-state index in [1.165, 1.54) is 13.2 Å². The third-order valence-corrected chi connectivity index (χ3v) is 7.62. The van der Waals surface area contributed by atoms with Gasteiger partial charge in [-0.15, -0.1) is 0 Å². The van der Waals surface area contributed by atoms with Gasteiger partial charge in [0.05, 0.1) is 19.6 Å². The molecule has 0 amide bonds. The van der Waals surface area contributed by atoms with Crippen LogP contribution in [0.1, 0.15) is 21.8 Å². The molecule has 7 rings (SSSR count). The molecule has 7 atom stereocenters. The summed E-state index contributed by atoms with van der Waals surface area (Å²) in [6, 6.07) is 6.91. The topological polar surface area (TPSA) is 163 Å². The Hall–Kier alpha value is -3.60. The maximum Gasteiger partial charge on any atom is 0.234 e. The van der Waals surface area contributed by atoms with Gasteiger partial charge in [0.15, 0.2) is 29.5 Å². The molecular weight excluding hydrogens is 460 g/mol. The molecule has 4 bridgehead atoms. The number of fused-ring (bicyclic) bond motifs is 1. The maximum absolute atomic E-state index is 13.3. The van der Waals surface area contributed by atoms with E-state index < -0.39 is 59.0 Å². The highest BCUT2D eigenvalue weighted by atomic mass is 16.6. The molecule has 1 unspecified atom stereocenters. The van der Waals surface area contributed by atoms with Gasteiger partial charge >= 0.3 is 0 Å². The summed E-state index contributed by atoms with van der Waals surface area (Å²) in [7, 11) is 1.42. The fourth-order valence-electron chi connectivity index (χ4n) is 6.16. The molecular formula is C25H22O10. The predicted octanol–water partition coefficient (Wildman–Crippen LogP) is 0.990. The largest absolute Gasteiger partial charge is 0.508 e. The summed E-state index contributed by atoms with van der Waals surface area (Å²) >= 11 is 0. The number of rotatable bonds is 3. The number of allylic oxidation sites excluding steroid dienone is 1. The number of aliphatic hydroxyl groups excluding tert-OH is 1. The average Bonchev–Trinajstić information content (AvgIpc) is 3.14. The molecule has 0 aromatic heterocycles. The number of methoxy groups -OCH3 is 1. The van der Waals surface area contributed by atoms with E-state index in [-0.39, 0.29) is 35.2 Å². The lowest BCUT2D eigenvalue weighted by Crippen LogP contribution is -2.60. The normalized spacial score (nSPS) is 34.9. The molecule has 2 heterocycles. The maximum atomic E-state index is 13.3. The van der Waals surface area contributed by atoms with Crippen molar-refractivity contribution in [1.29, 1.82) is 0 Å². The molecule has 10 heteroatoms. The van der Waals surface area contributed by atoms with Gasteiger partial charge in [-0.1, -0.05) is 12.1 Å². The fraction of sp³-hybridized carbons (Fsp3) is 0.360. The summed E-state index contributed by atoms with van der Waals surface area (Å²) < 4.78 is 16.7. The van der Waals surface area contributed by atoms with E-state index in [1.54, 1.807) is 18.2 Å². The molecule has 1 saturated heterocycles. The van der Waals surface area contributed by atoms with Crippen molar-refractivity contribution in [2.45, 2.75) is 23.9 Å². The second-order valence-electron chi connectivity index (χ2n) is 9.35. The SMILES string of the molecule is COc1cc([C@H]2[C@@H]3CO[C@@]4(O)C(=O)[C@@H]2C=C([C@H]2Oc5cc(O)cc(O)c5C(=O)C2O)[C@@H]34)ccc1O. The molecule has 10 nitrogen and oxygen atoms in total. The van der Waals surface area contributed by atoms with Gasteiger partial charge in [-0.3, -0.25) is 9.59 Å². The highest BCUT2D eigenvalue weighted by molar-refractivity contribution is 6.06. The molecule has 2 aromatic carbocycles. The highest BCUT2D eigenvalue weighted by Crippen LogP contribution is 2.61. The van der Waals surface area contributed by atoms with Gasteiger partial charge in [0.2, 0.25) is 11.6 Å². The number of Topliss-reactive ketones (excluding diaryl/α,β-unsaturated/α-hetero) is 2. The third-order valence-electron chi connectivity index (χ3n) is 7.62. The van der Waals surface area contributed by atoms with Gasteiger partial charge in [0, 0.05) is 29.9 Å². The van der Waals surface area contributed by atoms with Gasteiger partial charge in [-0.25, -0.2) is 0 Å². The standard InChI is InChI=1S/C25H22O10/c1-33-16-4-9(2-3-14(16)27)18-11-7-12(20-13(18)8-34-25(20,32)24(11)31)23-22(30)21(29)19-15(28)5-10(26)6-17(19)35-23/h2-7,11,13,18,20,22-23,26-28,30,32H,8H2,1H3/t11-,13+,18-,20+,22?,23-,25-/m1/s1. The van der Waals surface area contributed by atoms with E-state index in [4.69, 9.17) is 14.2 Å². The number of aliphatic hydroxyl groups is 2. The lowest BCUT2D eigenvalue weighted by molar-refractivity contribution is -0.206. The Morgan fingerprint density at radius 1 is 1.09 bits per heavy atom. The first-order valence-electron chi connectivity index (χ1n) is 11.1. The van der Waals surface area contributed by atoms with Crippen LogP contribution < -0.4 is 9.47 Å². The lowest BCUT2D eigenvalue weighted by Gasteiger charge is -2.50. The van der Waals surface area contributed by atoms with Crippen molar-refractivity contribution in [2.75, 3.05) is 13.7 Å². The second kappa shape index (κ2) is 7.20. The van der Waals surface area contributed by atoms with E-state index >= 15 is 0 Å². The Balaban J connectivity index is 1.46. The number of hydrogen-bond donors (Lipinski definition) is 5. The highest BCUT2D eigenvalue weighted by Gasteiger charge is 2.69. The van der Waals surface area contributed by atoms with Crippen molar-refractivity contribution in [1.82, 2.24) is 0 Å². The Bertz CT molecular complexity index is 1320. The van der Waals surface area contributed by atoms with Gasteiger partial charge in [-0.2, -0.15) is 0 Å². The minimum atomic E-state index is -2.13. The molecule has 0 spiro atoms. The van der Waals surface area contributed by atoms with E-state index in [0.717, 1.165) is 12.1 Å². The zero-order chi connectivity index (χ0) is 24.8. The summed E-state index contributed by atoms with van der Waals surface area (Å²) in [5.41, 5.74) is 0.796. The number of hydrogen-bond acceptors (Lipinski definition) is 10. The summed E-state index contributed by atoms with van der Waals surface area (Å²) in [5, 5.41) is 52.0. The number of phenolic OH excluding ortho intramolecular Hbond substituents is 3. The van der Waals surface area contributed by atoms with Crippen LogP contribution in [0, 0.1) is 17.8 Å². The lowest BCUT2D eigenvalue weighted by atomic mass is 9.55. The Morgan fingerprint density at radius 2 is 1.86 bits per heavy atom. The minimum Gasteiger partial charge on any atom is -0.508 e. The van der Waals surface area contributed by atoms with Gasteiger partial charge in [0.25, 0.3) is 0 Å². The predicted molar refractivity (Wildman–Crippen MR) is 116 cm³/mol. The summed E-state index contributed by atoms with van der Waals surface area (Å²) in [4.78, 5) is 26.2. The summed E-state index contributed by atoms with van der Waals surface area (Å²) in [5.74, 6) is -6.84. The average molecular weight is 482 g/mol. The van der Waals surface area contributed by atoms with E-state index in [2.05, 4.69) is 0 Å². The molecule has 2 aromatic rings. The quantitative estimate of drug-likeness (QED) is 0.399. The number of ketones is 2.